The first-order chi connectivity index (χ1) is 12.6. The van der Waals surface area contributed by atoms with Gasteiger partial charge in [0, 0.05) is 44.5 Å². The smallest absolute Gasteiger partial charge is 0.410 e. The number of ether oxygens (including phenoxy) is 2. The van der Waals surface area contributed by atoms with Crippen molar-refractivity contribution in [1.82, 2.24) is 9.80 Å². The maximum atomic E-state index is 12.0. The van der Waals surface area contributed by atoms with Crippen molar-refractivity contribution >= 4 is 11.8 Å². The standard InChI is InChI=1S/C20H29N3O3/c1-3-20-14-22(12-13-23(20)19(24)26-15-20)17-8-10-21(11-9-17)16-4-6-18(25-2)7-5-16/h4-7,17H,3,8-15H2,1-2H3. The number of anilines is 1. The van der Waals surface area contributed by atoms with E-state index >= 15 is 0 Å². The van der Waals surface area contributed by atoms with Gasteiger partial charge in [0.1, 0.15) is 12.4 Å². The van der Waals surface area contributed by atoms with Crippen LogP contribution in [0.15, 0.2) is 24.3 Å². The summed E-state index contributed by atoms with van der Waals surface area (Å²) in [5.74, 6) is 0.903. The molecule has 0 spiro atoms. The average Bonchev–Trinajstić information content (AvgIpc) is 3.05. The van der Waals surface area contributed by atoms with Gasteiger partial charge < -0.3 is 14.4 Å². The lowest BCUT2D eigenvalue weighted by Crippen LogP contribution is -2.63. The van der Waals surface area contributed by atoms with Gasteiger partial charge in [0.05, 0.1) is 12.6 Å². The summed E-state index contributed by atoms with van der Waals surface area (Å²) in [6.07, 6.45) is 3.17. The van der Waals surface area contributed by atoms with Crippen molar-refractivity contribution in [1.29, 1.82) is 0 Å². The van der Waals surface area contributed by atoms with Crippen LogP contribution in [-0.4, -0.2) is 73.9 Å². The zero-order valence-electron chi connectivity index (χ0n) is 15.8. The monoisotopic (exact) mass is 359 g/mol. The van der Waals surface area contributed by atoms with Crippen molar-refractivity contribution in [2.24, 2.45) is 0 Å². The van der Waals surface area contributed by atoms with Crippen molar-refractivity contribution in [3.05, 3.63) is 24.3 Å². The Bertz CT molecular complexity index is 642. The van der Waals surface area contributed by atoms with E-state index in [1.807, 2.05) is 17.0 Å². The van der Waals surface area contributed by atoms with Gasteiger partial charge in [-0.15, -0.1) is 0 Å². The van der Waals surface area contributed by atoms with E-state index in [0.717, 1.165) is 44.9 Å². The molecule has 1 aromatic rings. The van der Waals surface area contributed by atoms with Crippen LogP contribution in [0.5, 0.6) is 5.75 Å². The molecule has 0 bridgehead atoms. The molecule has 1 atom stereocenters. The Hall–Kier alpha value is -1.95. The minimum Gasteiger partial charge on any atom is -0.497 e. The molecule has 6 nitrogen and oxygen atoms in total. The van der Waals surface area contributed by atoms with Crippen LogP contribution in [0.1, 0.15) is 26.2 Å². The highest BCUT2D eigenvalue weighted by Gasteiger charge is 2.50. The minimum atomic E-state index is -0.124. The van der Waals surface area contributed by atoms with Crippen LogP contribution in [0.25, 0.3) is 0 Å². The fourth-order valence-electron chi connectivity index (χ4n) is 4.69. The molecule has 0 aromatic heterocycles. The Kier molecular flexibility index (Phi) is 4.69. The predicted octanol–water partition coefficient (Wildman–Crippen LogP) is 2.58. The van der Waals surface area contributed by atoms with E-state index in [2.05, 4.69) is 28.9 Å². The van der Waals surface area contributed by atoms with Crippen LogP contribution in [0.2, 0.25) is 0 Å². The van der Waals surface area contributed by atoms with Gasteiger partial charge in [-0.05, 0) is 43.5 Å². The highest BCUT2D eigenvalue weighted by molar-refractivity contribution is 5.71. The lowest BCUT2D eigenvalue weighted by molar-refractivity contribution is 0.0191. The first kappa shape index (κ1) is 17.5. The molecule has 0 radical (unpaired) electrons. The predicted molar refractivity (Wildman–Crippen MR) is 101 cm³/mol. The molecule has 3 saturated heterocycles. The van der Waals surface area contributed by atoms with E-state index in [-0.39, 0.29) is 11.6 Å². The fraction of sp³-hybridized carbons (Fsp3) is 0.650. The number of rotatable bonds is 4. The number of nitrogens with zero attached hydrogens (tertiary/aromatic N) is 3. The number of carbonyl (C=O) groups excluding carboxylic acids is 1. The summed E-state index contributed by atoms with van der Waals surface area (Å²) in [5.41, 5.74) is 1.16. The number of hydrogen-bond acceptors (Lipinski definition) is 5. The van der Waals surface area contributed by atoms with Crippen molar-refractivity contribution < 1.29 is 14.3 Å². The summed E-state index contributed by atoms with van der Waals surface area (Å²) in [7, 11) is 1.70. The Balaban J connectivity index is 1.36. The molecule has 142 valence electrons. The molecule has 0 saturated carbocycles. The number of fused-ring (bicyclic) bond motifs is 1. The van der Waals surface area contributed by atoms with Gasteiger partial charge >= 0.3 is 6.09 Å². The molecular weight excluding hydrogens is 330 g/mol. The second-order valence-electron chi connectivity index (χ2n) is 7.67. The Morgan fingerprint density at radius 2 is 1.88 bits per heavy atom. The van der Waals surface area contributed by atoms with E-state index in [4.69, 9.17) is 9.47 Å². The topological polar surface area (TPSA) is 45.2 Å². The molecule has 3 heterocycles. The van der Waals surface area contributed by atoms with Crippen LogP contribution in [0.4, 0.5) is 10.5 Å². The molecule has 0 N–H and O–H groups in total. The number of methoxy groups -OCH3 is 1. The largest absolute Gasteiger partial charge is 0.497 e. The van der Waals surface area contributed by atoms with E-state index in [0.29, 0.717) is 12.6 Å². The molecule has 1 amide bonds. The number of benzene rings is 1. The number of amides is 1. The molecular formula is C20H29N3O3. The number of hydrogen-bond donors (Lipinski definition) is 0. The Morgan fingerprint density at radius 3 is 2.54 bits per heavy atom. The van der Waals surface area contributed by atoms with Crippen molar-refractivity contribution in [2.45, 2.75) is 37.8 Å². The summed E-state index contributed by atoms with van der Waals surface area (Å²) in [6.45, 7) is 7.57. The summed E-state index contributed by atoms with van der Waals surface area (Å²) < 4.78 is 10.6. The zero-order chi connectivity index (χ0) is 18.1. The maximum absolute atomic E-state index is 12.0. The van der Waals surface area contributed by atoms with E-state index < -0.39 is 0 Å². The SMILES string of the molecule is CCC12COC(=O)N1CCN(C1CCN(c3ccc(OC)cc3)CC1)C2. The number of piperidine rings is 1. The quantitative estimate of drug-likeness (QED) is 0.827. The van der Waals surface area contributed by atoms with Gasteiger partial charge in [0.15, 0.2) is 0 Å². The molecule has 3 aliphatic heterocycles. The highest BCUT2D eigenvalue weighted by atomic mass is 16.6. The summed E-state index contributed by atoms with van der Waals surface area (Å²) in [4.78, 5) is 19.0. The molecule has 3 fully saturated rings. The first-order valence-corrected chi connectivity index (χ1v) is 9.73. The number of carbonyl (C=O) groups is 1. The number of cyclic esters (lactones) is 1. The lowest BCUT2D eigenvalue weighted by atomic mass is 9.90. The van der Waals surface area contributed by atoms with Gasteiger partial charge in [0.25, 0.3) is 0 Å². The van der Waals surface area contributed by atoms with E-state index in [9.17, 15) is 4.79 Å². The van der Waals surface area contributed by atoms with Gasteiger partial charge in [0.2, 0.25) is 0 Å². The Labute approximate surface area is 155 Å². The van der Waals surface area contributed by atoms with E-state index in [1.165, 1.54) is 18.5 Å². The molecule has 3 aliphatic rings. The summed E-state index contributed by atoms with van der Waals surface area (Å²) >= 11 is 0. The second-order valence-corrected chi connectivity index (χ2v) is 7.67. The minimum absolute atomic E-state index is 0.109. The van der Waals surface area contributed by atoms with Gasteiger partial charge in [-0.2, -0.15) is 0 Å². The van der Waals surface area contributed by atoms with Gasteiger partial charge in [-0.3, -0.25) is 9.80 Å². The van der Waals surface area contributed by atoms with Crippen LogP contribution < -0.4 is 9.64 Å². The van der Waals surface area contributed by atoms with Gasteiger partial charge in [-0.25, -0.2) is 4.79 Å². The van der Waals surface area contributed by atoms with Crippen LogP contribution in [0.3, 0.4) is 0 Å². The van der Waals surface area contributed by atoms with Crippen molar-refractivity contribution in [3.8, 4) is 5.75 Å². The molecule has 6 heteroatoms. The molecule has 0 aliphatic carbocycles. The molecule has 1 unspecified atom stereocenters. The molecule has 26 heavy (non-hydrogen) atoms. The second kappa shape index (κ2) is 6.99. The van der Waals surface area contributed by atoms with Crippen molar-refractivity contribution in [3.63, 3.8) is 0 Å². The first-order valence-electron chi connectivity index (χ1n) is 9.73. The maximum Gasteiger partial charge on any atom is 0.410 e. The molecule has 1 aromatic carbocycles. The van der Waals surface area contributed by atoms with Crippen LogP contribution in [0, 0.1) is 0 Å². The third kappa shape index (κ3) is 3.00. The summed E-state index contributed by atoms with van der Waals surface area (Å²) in [5, 5.41) is 0. The fourth-order valence-corrected chi connectivity index (χ4v) is 4.69. The Morgan fingerprint density at radius 1 is 1.15 bits per heavy atom. The molecule has 4 rings (SSSR count). The average molecular weight is 359 g/mol. The highest BCUT2D eigenvalue weighted by Crippen LogP contribution is 2.34. The van der Waals surface area contributed by atoms with Crippen LogP contribution in [-0.2, 0) is 4.74 Å². The van der Waals surface area contributed by atoms with Gasteiger partial charge in [-0.1, -0.05) is 6.92 Å². The number of piperazine rings is 1. The van der Waals surface area contributed by atoms with Crippen molar-refractivity contribution in [2.75, 3.05) is 51.3 Å². The lowest BCUT2D eigenvalue weighted by Gasteiger charge is -2.48. The van der Waals surface area contributed by atoms with E-state index in [1.54, 1.807) is 7.11 Å². The van der Waals surface area contributed by atoms with Crippen LogP contribution >= 0.6 is 0 Å². The summed E-state index contributed by atoms with van der Waals surface area (Å²) in [6, 6.07) is 8.95. The normalized spacial score (nSPS) is 27.4. The third-order valence-electron chi connectivity index (χ3n) is 6.44. The zero-order valence-corrected chi connectivity index (χ0v) is 15.8. The third-order valence-corrected chi connectivity index (χ3v) is 6.44.